The fourth-order valence-corrected chi connectivity index (χ4v) is 5.95. The Kier molecular flexibility index (Phi) is 7.60. The number of benzene rings is 4. The third kappa shape index (κ3) is 6.16. The number of nitrogens with zero attached hydrogens (tertiary/aromatic N) is 2. The van der Waals surface area contributed by atoms with Gasteiger partial charge in [0.25, 0.3) is 20.2 Å². The van der Waals surface area contributed by atoms with Crippen molar-refractivity contribution in [3.05, 3.63) is 120 Å². The zero-order valence-electron chi connectivity index (χ0n) is 19.1. The van der Waals surface area contributed by atoms with Crippen molar-refractivity contribution < 1.29 is 25.9 Å². The Balaban J connectivity index is 0.000000265. The molecular formula is C26H21N3O6S2. The zero-order chi connectivity index (χ0) is 26.5. The lowest BCUT2D eigenvalue weighted by Crippen LogP contribution is -2.11. The highest BCUT2D eigenvalue weighted by molar-refractivity contribution is 8.01. The molecule has 9 nitrogen and oxygen atoms in total. The van der Waals surface area contributed by atoms with E-state index >= 15 is 0 Å². The summed E-state index contributed by atoms with van der Waals surface area (Å²) in [5, 5.41) is 12.5. The fourth-order valence-electron chi connectivity index (χ4n) is 3.73. The Morgan fingerprint density at radius 3 is 1.59 bits per heavy atom. The summed E-state index contributed by atoms with van der Waals surface area (Å²) in [4.78, 5) is -1.91. The van der Waals surface area contributed by atoms with Gasteiger partial charge in [-0.05, 0) is 16.3 Å². The van der Waals surface area contributed by atoms with Gasteiger partial charge in [-0.1, -0.05) is 103 Å². The maximum atomic E-state index is 12.2. The summed E-state index contributed by atoms with van der Waals surface area (Å²) in [6, 6.07) is 29.6. The molecule has 0 aliphatic carbocycles. The Morgan fingerprint density at radius 1 is 0.622 bits per heavy atom. The highest BCUT2D eigenvalue weighted by Crippen LogP contribution is 2.37. The van der Waals surface area contributed by atoms with Gasteiger partial charge in [-0.3, -0.25) is 9.11 Å². The molecule has 0 saturated heterocycles. The van der Waals surface area contributed by atoms with Gasteiger partial charge in [0, 0.05) is 11.1 Å². The average Bonchev–Trinajstić information content (AvgIpc) is 3.42. The van der Waals surface area contributed by atoms with Crippen molar-refractivity contribution in [2.75, 3.05) is 0 Å². The number of rotatable bonds is 5. The summed E-state index contributed by atoms with van der Waals surface area (Å²) in [5.41, 5.74) is 0.137. The molecule has 0 amide bonds. The number of H-pyrrole nitrogens is 1. The van der Waals surface area contributed by atoms with E-state index in [0.29, 0.717) is 0 Å². The lowest BCUT2D eigenvalue weighted by Gasteiger charge is -2.14. The number of aromatic nitrogens is 3. The third-order valence-electron chi connectivity index (χ3n) is 5.28. The van der Waals surface area contributed by atoms with Gasteiger partial charge in [0.05, 0.1) is 6.20 Å². The van der Waals surface area contributed by atoms with E-state index in [0.717, 1.165) is 0 Å². The van der Waals surface area contributed by atoms with Crippen molar-refractivity contribution in [3.63, 3.8) is 0 Å². The van der Waals surface area contributed by atoms with E-state index in [1.54, 1.807) is 12.1 Å². The van der Waals surface area contributed by atoms with Gasteiger partial charge in [0.1, 0.15) is 15.5 Å². The first kappa shape index (κ1) is 25.9. The van der Waals surface area contributed by atoms with Crippen LogP contribution in [0.15, 0.2) is 109 Å². The molecule has 37 heavy (non-hydrogen) atoms. The topological polar surface area (TPSA) is 150 Å². The molecule has 0 aliphatic rings. The first-order chi connectivity index (χ1) is 17.7. The molecule has 0 radical (unpaired) electrons. The molecule has 4 aromatic carbocycles. The van der Waals surface area contributed by atoms with Crippen LogP contribution in [0.5, 0.6) is 0 Å². The van der Waals surface area contributed by atoms with Crippen LogP contribution in [0.3, 0.4) is 0 Å². The number of nitrogens with one attached hydrogen (secondary N) is 1. The lowest BCUT2D eigenvalue weighted by atomic mass is 10.0. The molecule has 0 fully saturated rings. The van der Waals surface area contributed by atoms with Gasteiger partial charge in [-0.2, -0.15) is 32.2 Å². The van der Waals surface area contributed by atoms with Crippen molar-refractivity contribution in [2.24, 2.45) is 0 Å². The van der Waals surface area contributed by atoms with E-state index in [2.05, 4.69) is 63.9 Å². The van der Waals surface area contributed by atoms with Crippen LogP contribution >= 0.6 is 0 Å². The maximum absolute atomic E-state index is 12.2. The van der Waals surface area contributed by atoms with Crippen molar-refractivity contribution >= 4 is 40.8 Å². The number of hydrogen-bond donors (Lipinski definition) is 3. The molecular weight excluding hydrogens is 514 g/mol. The minimum absolute atomic E-state index is 0.109. The average molecular weight is 536 g/mol. The van der Waals surface area contributed by atoms with E-state index in [9.17, 15) is 25.9 Å². The van der Waals surface area contributed by atoms with Crippen LogP contribution in [0.4, 0.5) is 0 Å². The van der Waals surface area contributed by atoms with Gasteiger partial charge in [0.2, 0.25) is 0 Å². The molecule has 0 aliphatic heterocycles. The summed E-state index contributed by atoms with van der Waals surface area (Å²) in [7, 11) is -10.1. The van der Waals surface area contributed by atoms with E-state index in [1.165, 1.54) is 59.4 Å². The first-order valence-electron chi connectivity index (χ1n) is 10.8. The van der Waals surface area contributed by atoms with Crippen LogP contribution in [-0.4, -0.2) is 41.4 Å². The largest absolute Gasteiger partial charge is 0.296 e. The normalized spacial score (nSPS) is 12.4. The van der Waals surface area contributed by atoms with Gasteiger partial charge in [0.15, 0.2) is 0 Å². The molecule has 0 saturated carbocycles. The quantitative estimate of drug-likeness (QED) is 0.212. The maximum Gasteiger partial charge on any atom is 0.296 e. The predicted molar refractivity (Wildman–Crippen MR) is 142 cm³/mol. The SMILES string of the molecule is O=S(=O)(O)C(=C(c1ccccc1-c1cn[nH]n1)S(=O)(=O)O)c1ccccc1.c1ccc2ccccc2c1. The second-order valence-electron chi connectivity index (χ2n) is 7.72. The van der Waals surface area contributed by atoms with E-state index < -0.39 is 30.0 Å². The van der Waals surface area contributed by atoms with Crippen LogP contribution in [0.25, 0.3) is 31.8 Å². The molecule has 5 aromatic rings. The van der Waals surface area contributed by atoms with E-state index in [-0.39, 0.29) is 22.4 Å². The van der Waals surface area contributed by atoms with Crippen LogP contribution in [0.1, 0.15) is 11.1 Å². The molecule has 0 bridgehead atoms. The lowest BCUT2D eigenvalue weighted by molar-refractivity contribution is 0.491. The minimum Gasteiger partial charge on any atom is -0.282 e. The van der Waals surface area contributed by atoms with E-state index in [1.807, 2.05) is 0 Å². The summed E-state index contributed by atoms with van der Waals surface area (Å²) in [6.07, 6.45) is 1.30. The number of aromatic amines is 1. The standard InChI is InChI=1S/C16H13N3O6S2.C10H8/c20-26(21,22)15(11-6-2-1-3-7-11)16(27(23,24)25)13-9-5-4-8-12(13)14-10-17-19-18-14;1-2-6-10-8-4-3-7-9(10)5-1/h1-10H,(H,17,18,19)(H,20,21,22)(H,23,24,25);1-8H. The Morgan fingerprint density at radius 2 is 1.11 bits per heavy atom. The van der Waals surface area contributed by atoms with Crippen LogP contribution in [-0.2, 0) is 20.2 Å². The Labute approximate surface area is 213 Å². The molecule has 11 heteroatoms. The second kappa shape index (κ2) is 10.8. The van der Waals surface area contributed by atoms with Crippen molar-refractivity contribution in [2.45, 2.75) is 0 Å². The summed E-state index contributed by atoms with van der Waals surface area (Å²) < 4.78 is 68.1. The van der Waals surface area contributed by atoms with Gasteiger partial charge in [-0.15, -0.1) is 0 Å². The highest BCUT2D eigenvalue weighted by atomic mass is 32.2. The predicted octanol–water partition coefficient (Wildman–Crippen LogP) is 4.91. The second-order valence-corrected chi connectivity index (χ2v) is 10.4. The van der Waals surface area contributed by atoms with E-state index in [4.69, 9.17) is 0 Å². The van der Waals surface area contributed by atoms with Gasteiger partial charge < -0.3 is 0 Å². The Hall–Kier alpha value is -4.16. The highest BCUT2D eigenvalue weighted by Gasteiger charge is 2.32. The fraction of sp³-hybridized carbons (Fsp3) is 0. The molecule has 1 aromatic heterocycles. The van der Waals surface area contributed by atoms with Crippen LogP contribution in [0, 0.1) is 0 Å². The van der Waals surface area contributed by atoms with Crippen molar-refractivity contribution in [1.82, 2.24) is 15.4 Å². The molecule has 0 spiro atoms. The zero-order valence-corrected chi connectivity index (χ0v) is 20.8. The van der Waals surface area contributed by atoms with Crippen LogP contribution < -0.4 is 0 Å². The number of hydrogen-bond acceptors (Lipinski definition) is 6. The molecule has 1 heterocycles. The first-order valence-corrected chi connectivity index (χ1v) is 13.7. The molecule has 0 unspecified atom stereocenters. The monoisotopic (exact) mass is 535 g/mol. The molecule has 0 atom stereocenters. The van der Waals surface area contributed by atoms with Crippen molar-refractivity contribution in [1.29, 1.82) is 0 Å². The van der Waals surface area contributed by atoms with Crippen LogP contribution in [0.2, 0.25) is 0 Å². The Bertz CT molecular complexity index is 1700. The summed E-state index contributed by atoms with van der Waals surface area (Å²) in [6.45, 7) is 0. The summed E-state index contributed by atoms with van der Waals surface area (Å²) in [5.74, 6) is 0. The molecule has 188 valence electrons. The summed E-state index contributed by atoms with van der Waals surface area (Å²) >= 11 is 0. The van der Waals surface area contributed by atoms with Crippen molar-refractivity contribution in [3.8, 4) is 11.3 Å². The number of fused-ring (bicyclic) bond motifs is 1. The van der Waals surface area contributed by atoms with Gasteiger partial charge >= 0.3 is 0 Å². The molecule has 5 rings (SSSR count). The smallest absolute Gasteiger partial charge is 0.282 e. The minimum atomic E-state index is -5.08. The van der Waals surface area contributed by atoms with Gasteiger partial charge in [-0.25, -0.2) is 0 Å². The third-order valence-corrected chi connectivity index (χ3v) is 7.30. The molecule has 3 N–H and O–H groups in total.